The van der Waals surface area contributed by atoms with Gasteiger partial charge in [-0.1, -0.05) is 236 Å². The lowest BCUT2D eigenvalue weighted by Gasteiger charge is -2.27. The first kappa shape index (κ1) is 61.3. The van der Waals surface area contributed by atoms with E-state index in [9.17, 15) is 25.2 Å². The van der Waals surface area contributed by atoms with Crippen molar-refractivity contribution in [2.24, 2.45) is 0 Å². The largest absolute Gasteiger partial charge is 0.394 e. The van der Waals surface area contributed by atoms with Gasteiger partial charge in [0.1, 0.15) is 12.2 Å². The number of aliphatic hydroxyl groups excluding tert-OH is 4. The van der Waals surface area contributed by atoms with E-state index in [1.165, 1.54) is 193 Å². The zero-order valence-corrected chi connectivity index (χ0v) is 41.8. The number of carbonyl (C=O) groups is 1. The third-order valence-corrected chi connectivity index (χ3v) is 12.7. The first-order valence-corrected chi connectivity index (χ1v) is 27.5. The minimum atomic E-state index is -1.29. The van der Waals surface area contributed by atoms with Gasteiger partial charge in [-0.3, -0.25) is 4.79 Å². The Labute approximate surface area is 391 Å². The molecule has 0 aliphatic rings. The highest BCUT2D eigenvalue weighted by Gasteiger charge is 2.28. The summed E-state index contributed by atoms with van der Waals surface area (Å²) in [5.41, 5.74) is 0. The van der Waals surface area contributed by atoms with Gasteiger partial charge in [0.15, 0.2) is 0 Å². The Bertz CT molecular complexity index is 1040. The van der Waals surface area contributed by atoms with Crippen LogP contribution in [0.5, 0.6) is 0 Å². The molecule has 0 aromatic heterocycles. The Balaban J connectivity index is 3.69. The number of hydrogen-bond acceptors (Lipinski definition) is 5. The minimum Gasteiger partial charge on any atom is -0.394 e. The van der Waals surface area contributed by atoms with Crippen LogP contribution < -0.4 is 5.32 Å². The van der Waals surface area contributed by atoms with Crippen LogP contribution in [0.4, 0.5) is 0 Å². The van der Waals surface area contributed by atoms with E-state index in [2.05, 4.69) is 67.8 Å². The highest BCUT2D eigenvalue weighted by Crippen LogP contribution is 2.16. The van der Waals surface area contributed by atoms with E-state index >= 15 is 0 Å². The highest BCUT2D eigenvalue weighted by molar-refractivity contribution is 5.80. The molecule has 0 fully saturated rings. The van der Waals surface area contributed by atoms with Crippen molar-refractivity contribution < 1.29 is 25.2 Å². The molecule has 5 N–H and O–H groups in total. The summed E-state index contributed by atoms with van der Waals surface area (Å²) in [5, 5.41) is 43.9. The summed E-state index contributed by atoms with van der Waals surface area (Å²) >= 11 is 0. The number of allylic oxidation sites excluding steroid dienone is 8. The van der Waals surface area contributed by atoms with Crippen molar-refractivity contribution in [2.75, 3.05) is 6.61 Å². The van der Waals surface area contributed by atoms with E-state index < -0.39 is 36.9 Å². The summed E-state index contributed by atoms with van der Waals surface area (Å²) in [6.45, 7) is 4.05. The number of carbonyl (C=O) groups excluding carboxylic acids is 1. The van der Waals surface area contributed by atoms with Gasteiger partial charge in [0.05, 0.1) is 18.8 Å². The number of rotatable bonds is 50. The van der Waals surface area contributed by atoms with E-state index in [1.807, 2.05) is 0 Å². The zero-order valence-electron chi connectivity index (χ0n) is 41.8. The predicted molar refractivity (Wildman–Crippen MR) is 274 cm³/mol. The van der Waals surface area contributed by atoms with Crippen LogP contribution in [0.1, 0.15) is 277 Å². The highest BCUT2D eigenvalue weighted by atomic mass is 16.3. The summed E-state index contributed by atoms with van der Waals surface area (Å²) in [5.74, 6) is -0.598. The molecular formula is C57H107NO5. The second kappa shape index (κ2) is 51.3. The zero-order chi connectivity index (χ0) is 45.9. The van der Waals surface area contributed by atoms with Crippen LogP contribution in [0.3, 0.4) is 0 Å². The first-order chi connectivity index (χ1) is 31.0. The maximum atomic E-state index is 12.6. The summed E-state index contributed by atoms with van der Waals surface area (Å²) in [6, 6.07) is -1.01. The Hall–Kier alpha value is -1.73. The molecule has 4 unspecified atom stereocenters. The standard InChI is InChI=1S/C57H107NO5/c1-3-5-7-9-11-13-15-17-19-21-23-24-25-26-27-28-29-30-31-33-35-37-39-41-43-45-47-49-51-55(61)57(63)58-53(52-59)56(62)54(60)50-48-46-44-42-40-38-36-34-32-22-20-18-16-14-12-10-8-6-4-2/h18,20,26-27,34,36,42,44,53-56,59-62H,3-17,19,21-25,28-33,35,37-41,43,45-52H2,1-2H3,(H,58,63)/b20-18+,27-26-,36-34+,44-42+. The smallest absolute Gasteiger partial charge is 0.249 e. The van der Waals surface area contributed by atoms with E-state index in [1.54, 1.807) is 0 Å². The number of nitrogens with one attached hydrogen (secondary N) is 1. The lowest BCUT2D eigenvalue weighted by molar-refractivity contribution is -0.132. The molecule has 0 saturated carbocycles. The van der Waals surface area contributed by atoms with Crippen molar-refractivity contribution in [3.05, 3.63) is 48.6 Å². The van der Waals surface area contributed by atoms with Crippen LogP contribution in [-0.2, 0) is 4.79 Å². The first-order valence-electron chi connectivity index (χ1n) is 27.5. The third kappa shape index (κ3) is 45.2. The molecule has 0 aliphatic heterocycles. The van der Waals surface area contributed by atoms with E-state index in [0.29, 0.717) is 19.3 Å². The lowest BCUT2D eigenvalue weighted by Crippen LogP contribution is -2.53. The molecule has 6 nitrogen and oxygen atoms in total. The Morgan fingerprint density at radius 1 is 0.381 bits per heavy atom. The SMILES string of the molecule is CCCCCCCC/C=C/CC/C=C/CC/C=C/CCCC(O)C(O)C(CO)NC(=O)C(O)CCCCCCCCCCCCCC/C=C\CCCCCCCCCCCCCC. The molecule has 0 rings (SSSR count). The second-order valence-electron chi connectivity index (χ2n) is 18.9. The molecule has 0 aromatic carbocycles. The number of hydrogen-bond donors (Lipinski definition) is 5. The van der Waals surface area contributed by atoms with Gasteiger partial charge in [-0.25, -0.2) is 0 Å². The fraction of sp³-hybridized carbons (Fsp3) is 0.842. The molecule has 1 amide bonds. The third-order valence-electron chi connectivity index (χ3n) is 12.7. The molecule has 6 heteroatoms. The van der Waals surface area contributed by atoms with E-state index in [4.69, 9.17) is 0 Å². The van der Waals surface area contributed by atoms with Gasteiger partial charge >= 0.3 is 0 Å². The average Bonchev–Trinajstić information content (AvgIpc) is 3.29. The topological polar surface area (TPSA) is 110 Å². The lowest BCUT2D eigenvalue weighted by atomic mass is 10.00. The molecule has 0 radical (unpaired) electrons. The van der Waals surface area contributed by atoms with Crippen molar-refractivity contribution in [1.29, 1.82) is 0 Å². The summed E-state index contributed by atoms with van der Waals surface area (Å²) in [4.78, 5) is 12.6. The molecule has 63 heavy (non-hydrogen) atoms. The van der Waals surface area contributed by atoms with Gasteiger partial charge in [0.25, 0.3) is 0 Å². The minimum absolute atomic E-state index is 0.358. The molecule has 0 saturated heterocycles. The van der Waals surface area contributed by atoms with Crippen LogP contribution >= 0.6 is 0 Å². The Kier molecular flexibility index (Phi) is 49.8. The summed E-state index contributed by atoms with van der Waals surface area (Å²) in [6.07, 6.45) is 64.6. The average molecular weight is 886 g/mol. The van der Waals surface area contributed by atoms with Crippen molar-refractivity contribution in [3.8, 4) is 0 Å². The van der Waals surface area contributed by atoms with Gasteiger partial charge in [-0.05, 0) is 89.9 Å². The molecule has 4 atom stereocenters. The summed E-state index contributed by atoms with van der Waals surface area (Å²) < 4.78 is 0. The molecule has 370 valence electrons. The van der Waals surface area contributed by atoms with E-state index in [-0.39, 0.29) is 0 Å². The van der Waals surface area contributed by atoms with Gasteiger partial charge in [-0.2, -0.15) is 0 Å². The monoisotopic (exact) mass is 886 g/mol. The van der Waals surface area contributed by atoms with Crippen LogP contribution in [0, 0.1) is 0 Å². The fourth-order valence-electron chi connectivity index (χ4n) is 8.37. The maximum Gasteiger partial charge on any atom is 0.249 e. The normalized spacial score (nSPS) is 14.2. The van der Waals surface area contributed by atoms with E-state index in [0.717, 1.165) is 51.4 Å². The Morgan fingerprint density at radius 2 is 0.667 bits per heavy atom. The fourth-order valence-corrected chi connectivity index (χ4v) is 8.37. The van der Waals surface area contributed by atoms with Crippen LogP contribution in [0.15, 0.2) is 48.6 Å². The van der Waals surface area contributed by atoms with Gasteiger partial charge in [0, 0.05) is 0 Å². The molecule has 0 bridgehead atoms. The second-order valence-corrected chi connectivity index (χ2v) is 18.9. The predicted octanol–water partition coefficient (Wildman–Crippen LogP) is 15.8. The Morgan fingerprint density at radius 3 is 1.00 bits per heavy atom. The van der Waals surface area contributed by atoms with Crippen LogP contribution in [0.25, 0.3) is 0 Å². The van der Waals surface area contributed by atoms with Crippen molar-refractivity contribution in [1.82, 2.24) is 5.32 Å². The van der Waals surface area contributed by atoms with Crippen LogP contribution in [0.2, 0.25) is 0 Å². The van der Waals surface area contributed by atoms with Crippen molar-refractivity contribution in [2.45, 2.75) is 301 Å². The number of aliphatic hydroxyl groups is 4. The summed E-state index contributed by atoms with van der Waals surface area (Å²) in [7, 11) is 0. The quantitative estimate of drug-likeness (QED) is 0.0309. The molecule has 0 spiro atoms. The van der Waals surface area contributed by atoms with Gasteiger partial charge < -0.3 is 25.7 Å². The molecule has 0 aliphatic carbocycles. The number of unbranched alkanes of at least 4 members (excludes halogenated alkanes) is 33. The maximum absolute atomic E-state index is 12.6. The molecule has 0 heterocycles. The molecule has 0 aromatic rings. The molecular weight excluding hydrogens is 779 g/mol. The van der Waals surface area contributed by atoms with Crippen LogP contribution in [-0.4, -0.2) is 57.3 Å². The van der Waals surface area contributed by atoms with Crippen molar-refractivity contribution in [3.63, 3.8) is 0 Å². The number of amides is 1. The van der Waals surface area contributed by atoms with Crippen molar-refractivity contribution >= 4 is 5.91 Å². The van der Waals surface area contributed by atoms with Gasteiger partial charge in [-0.15, -0.1) is 0 Å². The van der Waals surface area contributed by atoms with Gasteiger partial charge in [0.2, 0.25) is 5.91 Å².